The van der Waals surface area contributed by atoms with E-state index in [1.54, 1.807) is 0 Å². The van der Waals surface area contributed by atoms with E-state index in [4.69, 9.17) is 5.11 Å². The van der Waals surface area contributed by atoms with Crippen LogP contribution in [0.5, 0.6) is 0 Å². The minimum atomic E-state index is -0.685. The Balaban J connectivity index is 2.14. The molecule has 1 aliphatic carbocycles. The van der Waals surface area contributed by atoms with Gasteiger partial charge in [-0.25, -0.2) is 0 Å². The number of nitrogens with one attached hydrogen (secondary N) is 1. The van der Waals surface area contributed by atoms with Crippen LogP contribution in [0.1, 0.15) is 39.5 Å². The van der Waals surface area contributed by atoms with Gasteiger partial charge < -0.3 is 10.4 Å². The molecule has 2 rings (SSSR count). The molecule has 2 aliphatic rings. The summed E-state index contributed by atoms with van der Waals surface area (Å²) in [6.07, 6.45) is 3.83. The van der Waals surface area contributed by atoms with Crippen molar-refractivity contribution in [1.82, 2.24) is 10.2 Å². The van der Waals surface area contributed by atoms with Gasteiger partial charge in [-0.3, -0.25) is 9.69 Å². The molecule has 92 valence electrons. The molecule has 4 heteroatoms. The predicted molar refractivity (Wildman–Crippen MR) is 62.5 cm³/mol. The molecular formula is C12H22N2O2. The SMILES string of the molecule is CC1(C)CCNCC(CC(=O)O)N1C1CC1. The van der Waals surface area contributed by atoms with Gasteiger partial charge in [0.25, 0.3) is 0 Å². The monoisotopic (exact) mass is 226 g/mol. The Kier molecular flexibility index (Phi) is 3.22. The number of carbonyl (C=O) groups is 1. The topological polar surface area (TPSA) is 52.6 Å². The normalized spacial score (nSPS) is 31.0. The summed E-state index contributed by atoms with van der Waals surface area (Å²) < 4.78 is 0. The van der Waals surface area contributed by atoms with E-state index in [2.05, 4.69) is 24.1 Å². The van der Waals surface area contributed by atoms with Gasteiger partial charge in [-0.2, -0.15) is 0 Å². The van der Waals surface area contributed by atoms with Crippen molar-refractivity contribution in [2.45, 2.75) is 57.2 Å². The van der Waals surface area contributed by atoms with Crippen molar-refractivity contribution in [3.8, 4) is 0 Å². The van der Waals surface area contributed by atoms with Crippen LogP contribution >= 0.6 is 0 Å². The lowest BCUT2D eigenvalue weighted by Gasteiger charge is -2.41. The van der Waals surface area contributed by atoms with Gasteiger partial charge in [0.1, 0.15) is 0 Å². The molecule has 1 aliphatic heterocycles. The Hall–Kier alpha value is -0.610. The molecule has 0 aromatic carbocycles. The molecule has 0 amide bonds. The number of rotatable bonds is 3. The second-order valence-electron chi connectivity index (χ2n) is 5.66. The summed E-state index contributed by atoms with van der Waals surface area (Å²) in [6.45, 7) is 6.29. The van der Waals surface area contributed by atoms with Crippen molar-refractivity contribution in [2.24, 2.45) is 0 Å². The van der Waals surface area contributed by atoms with Crippen LogP contribution in [0.25, 0.3) is 0 Å². The maximum absolute atomic E-state index is 10.9. The Morgan fingerprint density at radius 1 is 1.50 bits per heavy atom. The number of hydrogen-bond donors (Lipinski definition) is 2. The Bertz CT molecular complexity index is 274. The lowest BCUT2D eigenvalue weighted by molar-refractivity contribution is -0.139. The van der Waals surface area contributed by atoms with E-state index in [1.807, 2.05) is 0 Å². The quantitative estimate of drug-likeness (QED) is 0.755. The zero-order valence-electron chi connectivity index (χ0n) is 10.2. The molecule has 1 heterocycles. The van der Waals surface area contributed by atoms with Gasteiger partial charge in [-0.1, -0.05) is 0 Å². The van der Waals surface area contributed by atoms with Crippen molar-refractivity contribution in [3.05, 3.63) is 0 Å². The molecule has 1 unspecified atom stereocenters. The fourth-order valence-corrected chi connectivity index (χ4v) is 2.90. The molecule has 16 heavy (non-hydrogen) atoms. The third-order valence-corrected chi connectivity index (χ3v) is 3.74. The number of carboxylic acid groups (broad SMARTS) is 1. The predicted octanol–water partition coefficient (Wildman–Crippen LogP) is 1.07. The summed E-state index contributed by atoms with van der Waals surface area (Å²) in [6, 6.07) is 0.779. The summed E-state index contributed by atoms with van der Waals surface area (Å²) in [5, 5.41) is 12.4. The molecule has 0 bridgehead atoms. The van der Waals surface area contributed by atoms with Crippen molar-refractivity contribution < 1.29 is 9.90 Å². The van der Waals surface area contributed by atoms with Gasteiger partial charge >= 0.3 is 5.97 Å². The zero-order valence-corrected chi connectivity index (χ0v) is 10.2. The number of carboxylic acids is 1. The van der Waals surface area contributed by atoms with Gasteiger partial charge in [-0.15, -0.1) is 0 Å². The standard InChI is InChI=1S/C12H22N2O2/c1-12(2)5-6-13-8-10(7-11(15)16)14(12)9-3-4-9/h9-10,13H,3-8H2,1-2H3,(H,15,16). The highest BCUT2D eigenvalue weighted by molar-refractivity contribution is 5.67. The summed E-state index contributed by atoms with van der Waals surface area (Å²) in [5.41, 5.74) is 0.130. The second-order valence-corrected chi connectivity index (χ2v) is 5.66. The van der Waals surface area contributed by atoms with Crippen LogP contribution in [-0.4, -0.2) is 46.7 Å². The van der Waals surface area contributed by atoms with E-state index in [9.17, 15) is 4.79 Å². The van der Waals surface area contributed by atoms with Crippen LogP contribution in [0.15, 0.2) is 0 Å². The highest BCUT2D eigenvalue weighted by atomic mass is 16.4. The van der Waals surface area contributed by atoms with Crippen molar-refractivity contribution in [2.75, 3.05) is 13.1 Å². The van der Waals surface area contributed by atoms with E-state index in [0.29, 0.717) is 6.04 Å². The summed E-state index contributed by atoms with van der Waals surface area (Å²) >= 11 is 0. The molecular weight excluding hydrogens is 204 g/mol. The first kappa shape index (κ1) is 11.9. The van der Waals surface area contributed by atoms with Crippen LogP contribution in [0, 0.1) is 0 Å². The van der Waals surface area contributed by atoms with Crippen LogP contribution in [0.4, 0.5) is 0 Å². The fourth-order valence-electron chi connectivity index (χ4n) is 2.90. The van der Waals surface area contributed by atoms with Crippen molar-refractivity contribution >= 4 is 5.97 Å². The van der Waals surface area contributed by atoms with Crippen LogP contribution in [-0.2, 0) is 4.79 Å². The second kappa shape index (κ2) is 4.34. The minimum Gasteiger partial charge on any atom is -0.481 e. The third kappa shape index (κ3) is 2.55. The maximum Gasteiger partial charge on any atom is 0.304 e. The van der Waals surface area contributed by atoms with Crippen molar-refractivity contribution in [3.63, 3.8) is 0 Å². The Morgan fingerprint density at radius 2 is 2.19 bits per heavy atom. The molecule has 2 N–H and O–H groups in total. The van der Waals surface area contributed by atoms with Gasteiger partial charge in [-0.05, 0) is 39.7 Å². The lowest BCUT2D eigenvalue weighted by Crippen LogP contribution is -2.52. The largest absolute Gasteiger partial charge is 0.481 e. The average molecular weight is 226 g/mol. The maximum atomic E-state index is 10.9. The molecule has 4 nitrogen and oxygen atoms in total. The van der Waals surface area contributed by atoms with Crippen molar-refractivity contribution in [1.29, 1.82) is 0 Å². The fraction of sp³-hybridized carbons (Fsp3) is 0.917. The molecule has 0 aromatic heterocycles. The summed E-state index contributed by atoms with van der Waals surface area (Å²) in [5.74, 6) is -0.685. The Morgan fingerprint density at radius 3 is 2.75 bits per heavy atom. The molecule has 1 saturated carbocycles. The first-order valence-corrected chi connectivity index (χ1v) is 6.21. The molecule has 1 saturated heterocycles. The Labute approximate surface area is 97.0 Å². The van der Waals surface area contributed by atoms with Crippen LogP contribution < -0.4 is 5.32 Å². The van der Waals surface area contributed by atoms with E-state index >= 15 is 0 Å². The molecule has 0 radical (unpaired) electrons. The zero-order chi connectivity index (χ0) is 11.8. The average Bonchev–Trinajstić information content (AvgIpc) is 2.93. The number of hydrogen-bond acceptors (Lipinski definition) is 3. The highest BCUT2D eigenvalue weighted by Crippen LogP contribution is 2.37. The molecule has 2 fully saturated rings. The van der Waals surface area contributed by atoms with Gasteiger partial charge in [0.05, 0.1) is 6.42 Å². The minimum absolute atomic E-state index is 0.130. The van der Waals surface area contributed by atoms with Gasteiger partial charge in [0, 0.05) is 24.2 Å². The van der Waals surface area contributed by atoms with E-state index < -0.39 is 5.97 Å². The third-order valence-electron chi connectivity index (χ3n) is 3.74. The van der Waals surface area contributed by atoms with Gasteiger partial charge in [0.2, 0.25) is 0 Å². The summed E-state index contributed by atoms with van der Waals surface area (Å²) in [7, 11) is 0. The van der Waals surface area contributed by atoms with E-state index in [0.717, 1.165) is 19.5 Å². The van der Waals surface area contributed by atoms with Crippen LogP contribution in [0.2, 0.25) is 0 Å². The van der Waals surface area contributed by atoms with E-state index in [-0.39, 0.29) is 18.0 Å². The molecule has 0 aromatic rings. The first-order chi connectivity index (χ1) is 7.50. The molecule has 1 atom stereocenters. The number of aliphatic carboxylic acids is 1. The smallest absolute Gasteiger partial charge is 0.304 e. The highest BCUT2D eigenvalue weighted by Gasteiger charge is 2.43. The summed E-state index contributed by atoms with van der Waals surface area (Å²) in [4.78, 5) is 13.4. The lowest BCUT2D eigenvalue weighted by atomic mass is 9.95. The number of nitrogens with zero attached hydrogens (tertiary/aromatic N) is 1. The van der Waals surface area contributed by atoms with Crippen LogP contribution in [0.3, 0.4) is 0 Å². The molecule has 0 spiro atoms. The van der Waals surface area contributed by atoms with E-state index in [1.165, 1.54) is 12.8 Å². The van der Waals surface area contributed by atoms with Gasteiger partial charge in [0.15, 0.2) is 0 Å². The first-order valence-electron chi connectivity index (χ1n) is 6.21.